The number of aromatic nitrogens is 2. The molecule has 0 bridgehead atoms. The van der Waals surface area contributed by atoms with Gasteiger partial charge in [0.25, 0.3) is 5.56 Å². The maximum Gasteiger partial charge on any atom is 0.266 e. The number of carbonyl (C=O) groups excluding carboxylic acids is 2. The van der Waals surface area contributed by atoms with E-state index in [2.05, 4.69) is 19.2 Å². The summed E-state index contributed by atoms with van der Waals surface area (Å²) < 4.78 is 1.56. The van der Waals surface area contributed by atoms with Crippen LogP contribution < -0.4 is 10.9 Å². The van der Waals surface area contributed by atoms with Crippen molar-refractivity contribution in [3.63, 3.8) is 0 Å². The van der Waals surface area contributed by atoms with E-state index in [1.54, 1.807) is 47.0 Å². The van der Waals surface area contributed by atoms with E-state index < -0.39 is 0 Å². The van der Waals surface area contributed by atoms with Gasteiger partial charge in [-0.05, 0) is 78.4 Å². The molecule has 1 amide bonds. The first-order chi connectivity index (χ1) is 18.7. The van der Waals surface area contributed by atoms with Crippen molar-refractivity contribution < 1.29 is 9.59 Å². The van der Waals surface area contributed by atoms with E-state index in [-0.39, 0.29) is 28.9 Å². The van der Waals surface area contributed by atoms with Gasteiger partial charge in [-0.15, -0.1) is 0 Å². The number of anilines is 1. The second kappa shape index (κ2) is 12.6. The first kappa shape index (κ1) is 28.6. The van der Waals surface area contributed by atoms with Gasteiger partial charge in [-0.25, -0.2) is 4.98 Å². The second-order valence-corrected chi connectivity index (χ2v) is 11.4. The summed E-state index contributed by atoms with van der Waals surface area (Å²) in [5.41, 5.74) is 3.31. The minimum absolute atomic E-state index is 0.0581. The zero-order valence-corrected chi connectivity index (χ0v) is 24.1. The Labute approximate surface area is 237 Å². The monoisotopic (exact) mass is 561 g/mol. The molecule has 1 unspecified atom stereocenters. The maximum absolute atomic E-state index is 13.6. The summed E-state index contributed by atoms with van der Waals surface area (Å²) in [4.78, 5) is 43.4. The van der Waals surface area contributed by atoms with Crippen molar-refractivity contribution in [2.45, 2.75) is 51.6 Å². The molecule has 1 N–H and O–H groups in total. The molecule has 0 aliphatic rings. The maximum atomic E-state index is 13.6. The van der Waals surface area contributed by atoms with Crippen molar-refractivity contribution >= 4 is 51.6 Å². The van der Waals surface area contributed by atoms with Crippen LogP contribution in [0.2, 0.25) is 5.02 Å². The smallest absolute Gasteiger partial charge is 0.266 e. The molecular formula is C31H32ClN3O3S. The number of nitrogens with zero attached hydrogens (tertiary/aromatic N) is 2. The fourth-order valence-electron chi connectivity index (χ4n) is 4.19. The highest BCUT2D eigenvalue weighted by atomic mass is 35.5. The van der Waals surface area contributed by atoms with Gasteiger partial charge in [0.05, 0.1) is 22.3 Å². The molecule has 0 spiro atoms. The van der Waals surface area contributed by atoms with Crippen LogP contribution in [0.15, 0.2) is 76.7 Å². The van der Waals surface area contributed by atoms with Gasteiger partial charge in [-0.2, -0.15) is 0 Å². The lowest BCUT2D eigenvalue weighted by molar-refractivity contribution is -0.116. The van der Waals surface area contributed by atoms with Crippen LogP contribution in [0.4, 0.5) is 5.69 Å². The molecule has 1 aromatic heterocycles. The summed E-state index contributed by atoms with van der Waals surface area (Å²) in [6.07, 6.45) is 1.45. The molecule has 39 heavy (non-hydrogen) atoms. The Bertz CT molecular complexity index is 1550. The standard InChI is InChI=1S/C31H32ClN3O3S/c1-5-20(4)21-8-13-25(14-9-21)35-30(38)26-15-10-23(32)17-27(26)34-31(35)39-18-28(36)22-6-11-24(12-7-22)33-29(37)16-19(2)3/h6-15,17,19-20H,5,16,18H2,1-4H3,(H,33,37). The number of halogens is 1. The van der Waals surface area contributed by atoms with Crippen molar-refractivity contribution in [2.24, 2.45) is 5.92 Å². The molecule has 4 aromatic rings. The molecule has 1 heterocycles. The van der Waals surface area contributed by atoms with Gasteiger partial charge in [-0.3, -0.25) is 19.0 Å². The van der Waals surface area contributed by atoms with E-state index in [9.17, 15) is 14.4 Å². The van der Waals surface area contributed by atoms with E-state index in [1.807, 2.05) is 38.1 Å². The SMILES string of the molecule is CCC(C)c1ccc(-n2c(SCC(=O)c3ccc(NC(=O)CC(C)C)cc3)nc3cc(Cl)ccc3c2=O)cc1. The van der Waals surface area contributed by atoms with Gasteiger partial charge >= 0.3 is 0 Å². The van der Waals surface area contributed by atoms with Crippen molar-refractivity contribution in [3.05, 3.63) is 93.2 Å². The van der Waals surface area contributed by atoms with Crippen LogP contribution in [0.1, 0.15) is 62.4 Å². The third-order valence-electron chi connectivity index (χ3n) is 6.55. The predicted molar refractivity (Wildman–Crippen MR) is 161 cm³/mol. The van der Waals surface area contributed by atoms with Crippen molar-refractivity contribution in [3.8, 4) is 5.69 Å². The Balaban J connectivity index is 1.60. The van der Waals surface area contributed by atoms with E-state index in [0.717, 1.165) is 6.42 Å². The zero-order valence-electron chi connectivity index (χ0n) is 22.5. The number of rotatable bonds is 10. The lowest BCUT2D eigenvalue weighted by atomic mass is 9.98. The van der Waals surface area contributed by atoms with Crippen LogP contribution >= 0.6 is 23.4 Å². The Hall–Kier alpha value is -3.42. The highest BCUT2D eigenvalue weighted by molar-refractivity contribution is 7.99. The number of Topliss-reactive ketones (excluding diaryl/α,β-unsaturated/α-hetero) is 1. The van der Waals surface area contributed by atoms with E-state index >= 15 is 0 Å². The molecule has 0 saturated carbocycles. The van der Waals surface area contributed by atoms with Gasteiger partial charge in [0, 0.05) is 22.7 Å². The molecule has 1 atom stereocenters. The average Bonchev–Trinajstić information content (AvgIpc) is 2.91. The number of fused-ring (bicyclic) bond motifs is 1. The van der Waals surface area contributed by atoms with Crippen LogP contribution in [0.25, 0.3) is 16.6 Å². The number of ketones is 1. The molecule has 3 aromatic carbocycles. The molecule has 0 aliphatic heterocycles. The van der Waals surface area contributed by atoms with E-state index in [4.69, 9.17) is 16.6 Å². The predicted octanol–water partition coefficient (Wildman–Crippen LogP) is 7.51. The number of hydrogen-bond acceptors (Lipinski definition) is 5. The first-order valence-corrected chi connectivity index (χ1v) is 14.4. The molecule has 0 aliphatic carbocycles. The molecule has 0 saturated heterocycles. The van der Waals surface area contributed by atoms with Crippen molar-refractivity contribution in [2.75, 3.05) is 11.1 Å². The quantitative estimate of drug-likeness (QED) is 0.123. The highest BCUT2D eigenvalue weighted by Gasteiger charge is 2.17. The Morgan fingerprint density at radius 2 is 1.69 bits per heavy atom. The average molecular weight is 562 g/mol. The molecule has 4 rings (SSSR count). The number of carbonyl (C=O) groups is 2. The number of benzene rings is 3. The fourth-order valence-corrected chi connectivity index (χ4v) is 5.26. The Morgan fingerprint density at radius 3 is 2.33 bits per heavy atom. The molecular weight excluding hydrogens is 530 g/mol. The largest absolute Gasteiger partial charge is 0.326 e. The van der Waals surface area contributed by atoms with Gasteiger partial charge in [0.2, 0.25) is 5.91 Å². The summed E-state index contributed by atoms with van der Waals surface area (Å²) >= 11 is 7.39. The second-order valence-electron chi connectivity index (χ2n) is 10.0. The Morgan fingerprint density at radius 1 is 1.00 bits per heavy atom. The summed E-state index contributed by atoms with van der Waals surface area (Å²) in [5.74, 6) is 0.589. The topological polar surface area (TPSA) is 81.1 Å². The lowest BCUT2D eigenvalue weighted by Gasteiger charge is -2.15. The number of thioether (sulfide) groups is 1. The van der Waals surface area contributed by atoms with Crippen LogP contribution in [-0.4, -0.2) is 27.0 Å². The fraction of sp³-hybridized carbons (Fsp3) is 0.290. The van der Waals surface area contributed by atoms with Gasteiger partial charge in [-0.1, -0.05) is 63.2 Å². The molecule has 0 radical (unpaired) electrons. The summed E-state index contributed by atoms with van der Waals surface area (Å²) in [6.45, 7) is 8.28. The molecule has 0 fully saturated rings. The number of hydrogen-bond donors (Lipinski definition) is 1. The van der Waals surface area contributed by atoms with Crippen molar-refractivity contribution in [1.82, 2.24) is 9.55 Å². The minimum Gasteiger partial charge on any atom is -0.326 e. The third-order valence-corrected chi connectivity index (χ3v) is 7.72. The van der Waals surface area contributed by atoms with E-state index in [0.29, 0.717) is 50.4 Å². The normalized spacial score (nSPS) is 12.1. The highest BCUT2D eigenvalue weighted by Crippen LogP contribution is 2.26. The lowest BCUT2D eigenvalue weighted by Crippen LogP contribution is -2.22. The van der Waals surface area contributed by atoms with Gasteiger partial charge in [0.15, 0.2) is 10.9 Å². The first-order valence-electron chi connectivity index (χ1n) is 13.0. The molecule has 8 heteroatoms. The van der Waals surface area contributed by atoms with Crippen LogP contribution in [-0.2, 0) is 4.79 Å². The zero-order chi connectivity index (χ0) is 28.1. The van der Waals surface area contributed by atoms with E-state index in [1.165, 1.54) is 17.3 Å². The minimum atomic E-state index is -0.218. The third kappa shape index (κ3) is 6.97. The summed E-state index contributed by atoms with van der Waals surface area (Å²) in [7, 11) is 0. The molecule has 202 valence electrons. The number of nitrogens with one attached hydrogen (secondary N) is 1. The van der Waals surface area contributed by atoms with Crippen molar-refractivity contribution in [1.29, 1.82) is 0 Å². The summed E-state index contributed by atoms with van der Waals surface area (Å²) in [5, 5.41) is 4.20. The molecule has 6 nitrogen and oxygen atoms in total. The van der Waals surface area contributed by atoms with Crippen LogP contribution in [0, 0.1) is 5.92 Å². The van der Waals surface area contributed by atoms with Gasteiger partial charge in [0.1, 0.15) is 0 Å². The number of amides is 1. The van der Waals surface area contributed by atoms with Crippen LogP contribution in [0.5, 0.6) is 0 Å². The Kier molecular flexibility index (Phi) is 9.25. The van der Waals surface area contributed by atoms with Gasteiger partial charge < -0.3 is 5.32 Å². The summed E-state index contributed by atoms with van der Waals surface area (Å²) in [6, 6.07) is 19.8. The van der Waals surface area contributed by atoms with Crippen LogP contribution in [0.3, 0.4) is 0 Å².